The number of benzene rings is 1. The van der Waals surface area contributed by atoms with Gasteiger partial charge in [0.05, 0.1) is 7.11 Å². The number of nitrogens with one attached hydrogen (secondary N) is 1. The molecule has 1 aromatic carbocycles. The first-order valence-electron chi connectivity index (χ1n) is 8.27. The van der Waals surface area contributed by atoms with E-state index in [1.807, 2.05) is 6.07 Å². The molecule has 0 fully saturated rings. The third-order valence-electron chi connectivity index (χ3n) is 4.24. The Kier molecular flexibility index (Phi) is 5.38. The van der Waals surface area contributed by atoms with Gasteiger partial charge in [-0.15, -0.1) is 11.3 Å². The van der Waals surface area contributed by atoms with Crippen LogP contribution in [-0.4, -0.2) is 25.6 Å². The fourth-order valence-corrected chi connectivity index (χ4v) is 3.98. The van der Waals surface area contributed by atoms with Gasteiger partial charge in [0.25, 0.3) is 5.91 Å². The molecule has 0 radical (unpaired) electrons. The molecule has 6 heteroatoms. The molecule has 0 saturated carbocycles. The van der Waals surface area contributed by atoms with Crippen LogP contribution in [0.2, 0.25) is 0 Å². The first-order valence-corrected chi connectivity index (χ1v) is 9.09. The van der Waals surface area contributed by atoms with Crippen LogP contribution < -0.4 is 10.1 Å². The van der Waals surface area contributed by atoms with Gasteiger partial charge in [-0.3, -0.25) is 4.79 Å². The second-order valence-corrected chi connectivity index (χ2v) is 7.40. The van der Waals surface area contributed by atoms with Crippen molar-refractivity contribution in [3.8, 4) is 5.75 Å². The normalized spacial score (nSPS) is 16.0. The van der Waals surface area contributed by atoms with E-state index in [2.05, 4.69) is 12.2 Å². The van der Waals surface area contributed by atoms with E-state index in [9.17, 15) is 9.59 Å². The molecule has 1 aliphatic carbocycles. The van der Waals surface area contributed by atoms with Crippen molar-refractivity contribution in [2.24, 2.45) is 5.92 Å². The van der Waals surface area contributed by atoms with Crippen LogP contribution >= 0.6 is 11.3 Å². The van der Waals surface area contributed by atoms with Gasteiger partial charge in [0.2, 0.25) is 0 Å². The van der Waals surface area contributed by atoms with Gasteiger partial charge in [0.1, 0.15) is 10.6 Å². The van der Waals surface area contributed by atoms with Gasteiger partial charge in [-0.1, -0.05) is 6.92 Å². The van der Waals surface area contributed by atoms with E-state index in [0.29, 0.717) is 22.2 Å². The van der Waals surface area contributed by atoms with Crippen molar-refractivity contribution < 1.29 is 19.1 Å². The molecule has 2 aromatic rings. The molecule has 1 amide bonds. The summed E-state index contributed by atoms with van der Waals surface area (Å²) in [6.07, 6.45) is 3.19. The van der Waals surface area contributed by atoms with Gasteiger partial charge in [-0.05, 0) is 61.1 Å². The predicted octanol–water partition coefficient (Wildman–Crippen LogP) is 3.68. The number of carbonyl (C=O) groups is 2. The Morgan fingerprint density at radius 1 is 1.28 bits per heavy atom. The average molecular weight is 359 g/mol. The molecule has 1 heterocycles. The number of thiophene rings is 1. The van der Waals surface area contributed by atoms with E-state index in [-0.39, 0.29) is 12.5 Å². The number of carbonyl (C=O) groups excluding carboxylic acids is 2. The van der Waals surface area contributed by atoms with Crippen molar-refractivity contribution in [3.63, 3.8) is 0 Å². The third kappa shape index (κ3) is 4.39. The number of hydrogen-bond donors (Lipinski definition) is 1. The summed E-state index contributed by atoms with van der Waals surface area (Å²) in [5, 5.41) is 2.69. The van der Waals surface area contributed by atoms with Crippen molar-refractivity contribution in [1.82, 2.24) is 0 Å². The van der Waals surface area contributed by atoms with Crippen molar-refractivity contribution in [2.75, 3.05) is 19.0 Å². The van der Waals surface area contributed by atoms with Crippen LogP contribution in [0.1, 0.15) is 33.5 Å². The van der Waals surface area contributed by atoms with Gasteiger partial charge >= 0.3 is 5.97 Å². The number of hydrogen-bond acceptors (Lipinski definition) is 5. The van der Waals surface area contributed by atoms with Crippen LogP contribution in [-0.2, 0) is 22.4 Å². The first kappa shape index (κ1) is 17.5. The Morgan fingerprint density at radius 3 is 2.76 bits per heavy atom. The first-order chi connectivity index (χ1) is 12.0. The van der Waals surface area contributed by atoms with Gasteiger partial charge in [0.15, 0.2) is 6.61 Å². The Labute approximate surface area is 151 Å². The Morgan fingerprint density at radius 2 is 2.04 bits per heavy atom. The maximum Gasteiger partial charge on any atom is 0.348 e. The highest BCUT2D eigenvalue weighted by Crippen LogP contribution is 2.32. The molecule has 1 aliphatic rings. The van der Waals surface area contributed by atoms with Crippen molar-refractivity contribution in [2.45, 2.75) is 26.2 Å². The van der Waals surface area contributed by atoms with E-state index in [4.69, 9.17) is 9.47 Å². The highest BCUT2D eigenvalue weighted by molar-refractivity contribution is 7.14. The fourth-order valence-electron chi connectivity index (χ4n) is 2.88. The average Bonchev–Trinajstić information content (AvgIpc) is 3.03. The zero-order chi connectivity index (χ0) is 17.8. The highest BCUT2D eigenvalue weighted by atomic mass is 32.1. The van der Waals surface area contributed by atoms with Crippen LogP contribution in [0.4, 0.5) is 5.69 Å². The molecule has 25 heavy (non-hydrogen) atoms. The maximum atomic E-state index is 12.2. The predicted molar refractivity (Wildman–Crippen MR) is 97.4 cm³/mol. The summed E-state index contributed by atoms with van der Waals surface area (Å²) >= 11 is 1.49. The minimum absolute atomic E-state index is 0.302. The van der Waals surface area contributed by atoms with Gasteiger partial charge in [-0.25, -0.2) is 4.79 Å². The zero-order valence-corrected chi connectivity index (χ0v) is 15.2. The fraction of sp³-hybridized carbons (Fsp3) is 0.368. The number of amides is 1. The third-order valence-corrected chi connectivity index (χ3v) is 5.46. The Hall–Kier alpha value is -2.34. The second kappa shape index (κ2) is 7.70. The summed E-state index contributed by atoms with van der Waals surface area (Å²) in [5.41, 5.74) is 1.88. The number of anilines is 1. The van der Waals surface area contributed by atoms with E-state index >= 15 is 0 Å². The lowest BCUT2D eigenvalue weighted by Gasteiger charge is -2.16. The molecular weight excluding hydrogens is 338 g/mol. The summed E-state index contributed by atoms with van der Waals surface area (Å²) in [7, 11) is 1.58. The molecule has 3 rings (SSSR count). The minimum Gasteiger partial charge on any atom is -0.497 e. The smallest absolute Gasteiger partial charge is 0.348 e. The number of aryl methyl sites for hydroxylation is 1. The number of fused-ring (bicyclic) bond motifs is 1. The van der Waals surface area contributed by atoms with E-state index in [1.165, 1.54) is 21.8 Å². The SMILES string of the molecule is COc1ccc(NC(=O)COC(=O)c2cc3c(s2)CC[C@@H](C)C3)cc1. The Balaban J connectivity index is 1.52. The van der Waals surface area contributed by atoms with Crippen LogP contribution in [0.15, 0.2) is 30.3 Å². The molecule has 0 spiro atoms. The summed E-state index contributed by atoms with van der Waals surface area (Å²) in [6.45, 7) is 1.92. The number of rotatable bonds is 5. The summed E-state index contributed by atoms with van der Waals surface area (Å²) in [5.74, 6) is 0.562. The van der Waals surface area contributed by atoms with E-state index in [0.717, 1.165) is 19.3 Å². The van der Waals surface area contributed by atoms with Crippen LogP contribution in [0.3, 0.4) is 0 Å². The van der Waals surface area contributed by atoms with Crippen molar-refractivity contribution in [1.29, 1.82) is 0 Å². The minimum atomic E-state index is -0.433. The van der Waals surface area contributed by atoms with Gasteiger partial charge in [0, 0.05) is 10.6 Å². The topological polar surface area (TPSA) is 64.6 Å². The lowest BCUT2D eigenvalue weighted by molar-refractivity contribution is -0.119. The zero-order valence-electron chi connectivity index (χ0n) is 14.3. The van der Waals surface area contributed by atoms with Crippen molar-refractivity contribution >= 4 is 28.9 Å². The molecule has 132 valence electrons. The molecule has 0 bridgehead atoms. The lowest BCUT2D eigenvalue weighted by atomic mass is 9.90. The van der Waals surface area contributed by atoms with Crippen LogP contribution in [0.25, 0.3) is 0 Å². The molecule has 1 N–H and O–H groups in total. The summed E-state index contributed by atoms with van der Waals surface area (Å²) in [6, 6.07) is 8.87. The van der Waals surface area contributed by atoms with E-state index in [1.54, 1.807) is 31.4 Å². The van der Waals surface area contributed by atoms with Gasteiger partial charge < -0.3 is 14.8 Å². The molecule has 5 nitrogen and oxygen atoms in total. The lowest BCUT2D eigenvalue weighted by Crippen LogP contribution is -2.20. The number of esters is 1. The monoisotopic (exact) mass is 359 g/mol. The second-order valence-electron chi connectivity index (χ2n) is 6.26. The Bertz CT molecular complexity index is 766. The molecule has 0 unspecified atom stereocenters. The molecule has 1 aromatic heterocycles. The highest BCUT2D eigenvalue weighted by Gasteiger charge is 2.21. The van der Waals surface area contributed by atoms with Crippen LogP contribution in [0.5, 0.6) is 5.75 Å². The largest absolute Gasteiger partial charge is 0.497 e. The molecule has 1 atom stereocenters. The molecule has 0 aliphatic heterocycles. The molecule has 0 saturated heterocycles. The quantitative estimate of drug-likeness (QED) is 0.827. The van der Waals surface area contributed by atoms with Gasteiger partial charge in [-0.2, -0.15) is 0 Å². The number of methoxy groups -OCH3 is 1. The standard InChI is InChI=1S/C19H21NO4S/c1-12-3-8-16-13(9-12)10-17(25-16)19(22)24-11-18(21)20-14-4-6-15(23-2)7-5-14/h4-7,10,12H,3,8-9,11H2,1-2H3,(H,20,21)/t12-/m1/s1. The van der Waals surface area contributed by atoms with Crippen molar-refractivity contribution in [3.05, 3.63) is 45.6 Å². The maximum absolute atomic E-state index is 12.2. The molecular formula is C19H21NO4S. The summed E-state index contributed by atoms with van der Waals surface area (Å²) < 4.78 is 10.2. The number of ether oxygens (including phenoxy) is 2. The van der Waals surface area contributed by atoms with Crippen LogP contribution in [0, 0.1) is 5.92 Å². The summed E-state index contributed by atoms with van der Waals surface area (Å²) in [4.78, 5) is 26.0. The van der Waals surface area contributed by atoms with E-state index < -0.39 is 5.97 Å².